The quantitative estimate of drug-likeness (QED) is 0.633. The van der Waals surface area contributed by atoms with Crippen molar-refractivity contribution in [3.63, 3.8) is 0 Å². The van der Waals surface area contributed by atoms with E-state index in [0.29, 0.717) is 0 Å². The fourth-order valence-electron chi connectivity index (χ4n) is 1.35. The molecule has 0 rings (SSSR count). The molecule has 2 N–H and O–H groups in total. The molecule has 0 bridgehead atoms. The van der Waals surface area contributed by atoms with Gasteiger partial charge < -0.3 is 15.3 Å². The number of nitrogens with zero attached hydrogens (tertiary/aromatic N) is 1. The van der Waals surface area contributed by atoms with Gasteiger partial charge in [-0.1, -0.05) is 0 Å². The van der Waals surface area contributed by atoms with Crippen molar-refractivity contribution in [1.82, 2.24) is 10.2 Å². The highest BCUT2D eigenvalue weighted by Crippen LogP contribution is 1.98. The summed E-state index contributed by atoms with van der Waals surface area (Å²) in [5.41, 5.74) is 0.211. The third kappa shape index (κ3) is 9.96. The lowest BCUT2D eigenvalue weighted by atomic mass is 10.1. The Morgan fingerprint density at radius 3 is 2.36 bits per heavy atom. The van der Waals surface area contributed by atoms with E-state index in [-0.39, 0.29) is 11.6 Å². The van der Waals surface area contributed by atoms with E-state index >= 15 is 0 Å². The van der Waals surface area contributed by atoms with Crippen molar-refractivity contribution in [2.45, 2.75) is 45.8 Å². The Morgan fingerprint density at radius 2 is 1.93 bits per heavy atom. The molecule has 0 aliphatic carbocycles. The van der Waals surface area contributed by atoms with Gasteiger partial charge in [0.2, 0.25) is 0 Å². The predicted molar refractivity (Wildman–Crippen MR) is 61.6 cm³/mol. The summed E-state index contributed by atoms with van der Waals surface area (Å²) in [6, 6.07) is 0. The van der Waals surface area contributed by atoms with Crippen LogP contribution in [0.5, 0.6) is 0 Å². The van der Waals surface area contributed by atoms with Gasteiger partial charge in [-0.15, -0.1) is 0 Å². The lowest BCUT2D eigenvalue weighted by Crippen LogP contribution is -2.38. The molecule has 14 heavy (non-hydrogen) atoms. The molecular formula is C11H26N2O. The Labute approximate surface area is 88.5 Å². The minimum Gasteiger partial charge on any atom is -0.392 e. The predicted octanol–water partition coefficient (Wildman–Crippen LogP) is 1.08. The number of aliphatic hydroxyl groups is 1. The van der Waals surface area contributed by atoms with Gasteiger partial charge in [0, 0.05) is 12.1 Å². The van der Waals surface area contributed by atoms with Crippen molar-refractivity contribution in [2.24, 2.45) is 0 Å². The van der Waals surface area contributed by atoms with Crippen LogP contribution in [0.15, 0.2) is 0 Å². The molecule has 3 heteroatoms. The number of rotatable bonds is 6. The van der Waals surface area contributed by atoms with Crippen molar-refractivity contribution in [3.05, 3.63) is 0 Å². The minimum absolute atomic E-state index is 0.211. The monoisotopic (exact) mass is 202 g/mol. The number of aliphatic hydroxyl groups excluding tert-OH is 1. The minimum atomic E-state index is -0.226. The first-order valence-corrected chi connectivity index (χ1v) is 5.43. The Kier molecular flexibility index (Phi) is 6.33. The highest BCUT2D eigenvalue weighted by molar-refractivity contribution is 4.70. The van der Waals surface area contributed by atoms with E-state index in [9.17, 15) is 0 Å². The Balaban J connectivity index is 3.36. The van der Waals surface area contributed by atoms with E-state index in [2.05, 4.69) is 31.0 Å². The molecule has 1 unspecified atom stereocenters. The fourth-order valence-corrected chi connectivity index (χ4v) is 1.35. The molecule has 0 aliphatic heterocycles. The standard InChI is InChI=1S/C11H26N2O/c1-10(14)9-13(5)8-6-7-12-11(2,3)4/h10,12,14H,6-9H2,1-5H3. The molecule has 0 spiro atoms. The molecule has 0 heterocycles. The van der Waals surface area contributed by atoms with Crippen LogP contribution in [0.4, 0.5) is 0 Å². The molecule has 0 amide bonds. The van der Waals surface area contributed by atoms with Crippen molar-refractivity contribution in [2.75, 3.05) is 26.7 Å². The highest BCUT2D eigenvalue weighted by Gasteiger charge is 2.08. The maximum absolute atomic E-state index is 9.15. The second-order valence-corrected chi connectivity index (χ2v) is 5.14. The van der Waals surface area contributed by atoms with Crippen molar-refractivity contribution in [1.29, 1.82) is 0 Å². The van der Waals surface area contributed by atoms with Crippen molar-refractivity contribution in [3.8, 4) is 0 Å². The molecule has 0 aliphatic rings. The third-order valence-electron chi connectivity index (χ3n) is 1.95. The Hall–Kier alpha value is -0.120. The van der Waals surface area contributed by atoms with Crippen molar-refractivity contribution < 1.29 is 5.11 Å². The number of hydrogen-bond acceptors (Lipinski definition) is 3. The number of nitrogens with one attached hydrogen (secondary N) is 1. The van der Waals surface area contributed by atoms with Gasteiger partial charge >= 0.3 is 0 Å². The lowest BCUT2D eigenvalue weighted by molar-refractivity contribution is 0.140. The molecule has 0 saturated carbocycles. The molecule has 0 aromatic carbocycles. The molecule has 0 aromatic rings. The van der Waals surface area contributed by atoms with Crippen LogP contribution >= 0.6 is 0 Å². The van der Waals surface area contributed by atoms with Gasteiger partial charge in [-0.3, -0.25) is 0 Å². The van der Waals surface area contributed by atoms with Crippen LogP contribution in [0.1, 0.15) is 34.1 Å². The van der Waals surface area contributed by atoms with Gasteiger partial charge in [-0.05, 0) is 54.3 Å². The molecular weight excluding hydrogens is 176 g/mol. The zero-order valence-corrected chi connectivity index (χ0v) is 10.3. The van der Waals surface area contributed by atoms with Crippen molar-refractivity contribution >= 4 is 0 Å². The number of likely N-dealkylation sites (N-methyl/N-ethyl adjacent to an activating group) is 1. The van der Waals surface area contributed by atoms with Crippen LogP contribution in [0.3, 0.4) is 0 Å². The average molecular weight is 202 g/mol. The topological polar surface area (TPSA) is 35.5 Å². The normalized spacial score (nSPS) is 14.8. The Morgan fingerprint density at radius 1 is 1.36 bits per heavy atom. The van der Waals surface area contributed by atoms with Gasteiger partial charge in [-0.25, -0.2) is 0 Å². The second kappa shape index (κ2) is 6.38. The zero-order chi connectivity index (χ0) is 11.2. The van der Waals surface area contributed by atoms with E-state index in [1.165, 1.54) is 0 Å². The van der Waals surface area contributed by atoms with Gasteiger partial charge in [0.25, 0.3) is 0 Å². The first-order chi connectivity index (χ1) is 6.31. The summed E-state index contributed by atoms with van der Waals surface area (Å²) in [5, 5.41) is 12.6. The van der Waals surface area contributed by atoms with Crippen LogP contribution in [-0.4, -0.2) is 48.3 Å². The summed E-state index contributed by atoms with van der Waals surface area (Å²) < 4.78 is 0. The van der Waals surface area contributed by atoms with Crippen LogP contribution in [0.2, 0.25) is 0 Å². The van der Waals surface area contributed by atoms with E-state index < -0.39 is 0 Å². The maximum atomic E-state index is 9.15. The van der Waals surface area contributed by atoms with E-state index in [1.54, 1.807) is 0 Å². The molecule has 0 radical (unpaired) electrons. The van der Waals surface area contributed by atoms with Crippen LogP contribution in [-0.2, 0) is 0 Å². The summed E-state index contributed by atoms with van der Waals surface area (Å²) in [4.78, 5) is 2.16. The summed E-state index contributed by atoms with van der Waals surface area (Å²) in [7, 11) is 2.05. The largest absolute Gasteiger partial charge is 0.392 e. The van der Waals surface area contributed by atoms with Gasteiger partial charge in [0.05, 0.1) is 6.10 Å². The van der Waals surface area contributed by atoms with Crippen LogP contribution in [0.25, 0.3) is 0 Å². The average Bonchev–Trinajstić information content (AvgIpc) is 1.95. The lowest BCUT2D eigenvalue weighted by Gasteiger charge is -2.22. The van der Waals surface area contributed by atoms with Gasteiger partial charge in [0.15, 0.2) is 0 Å². The third-order valence-corrected chi connectivity index (χ3v) is 1.95. The summed E-state index contributed by atoms with van der Waals surface area (Å²) in [6.45, 7) is 11.2. The molecule has 3 nitrogen and oxygen atoms in total. The smallest absolute Gasteiger partial charge is 0.0638 e. The van der Waals surface area contributed by atoms with E-state index in [1.807, 2.05) is 14.0 Å². The maximum Gasteiger partial charge on any atom is 0.0638 e. The molecule has 0 saturated heterocycles. The van der Waals surface area contributed by atoms with Gasteiger partial charge in [0.1, 0.15) is 0 Å². The Bertz CT molecular complexity index is 141. The fraction of sp³-hybridized carbons (Fsp3) is 1.00. The summed E-state index contributed by atoms with van der Waals surface area (Å²) >= 11 is 0. The SMILES string of the molecule is CC(O)CN(C)CCCNC(C)(C)C. The molecule has 0 fully saturated rings. The number of hydrogen-bond donors (Lipinski definition) is 2. The molecule has 1 atom stereocenters. The summed E-state index contributed by atoms with van der Waals surface area (Å²) in [6.07, 6.45) is 0.899. The molecule has 86 valence electrons. The summed E-state index contributed by atoms with van der Waals surface area (Å²) in [5.74, 6) is 0. The second-order valence-electron chi connectivity index (χ2n) is 5.14. The highest BCUT2D eigenvalue weighted by atomic mass is 16.3. The van der Waals surface area contributed by atoms with Crippen LogP contribution < -0.4 is 5.32 Å². The van der Waals surface area contributed by atoms with E-state index in [0.717, 1.165) is 26.1 Å². The van der Waals surface area contributed by atoms with Crippen LogP contribution in [0, 0.1) is 0 Å². The van der Waals surface area contributed by atoms with E-state index in [4.69, 9.17) is 5.11 Å². The van der Waals surface area contributed by atoms with Gasteiger partial charge in [-0.2, -0.15) is 0 Å². The first kappa shape index (κ1) is 13.9. The molecule has 0 aromatic heterocycles. The first-order valence-electron chi connectivity index (χ1n) is 5.43. The zero-order valence-electron chi connectivity index (χ0n) is 10.3.